The Labute approximate surface area is 217 Å². The summed E-state index contributed by atoms with van der Waals surface area (Å²) in [5, 5.41) is 3.02. The van der Waals surface area contributed by atoms with Crippen LogP contribution < -0.4 is 10.1 Å². The highest BCUT2D eigenvalue weighted by molar-refractivity contribution is 6.05. The number of nitrogens with one attached hydrogen (secondary N) is 1. The van der Waals surface area contributed by atoms with E-state index in [9.17, 15) is 23.2 Å². The van der Waals surface area contributed by atoms with Crippen molar-refractivity contribution in [3.8, 4) is 5.75 Å². The second-order valence-corrected chi connectivity index (χ2v) is 10.1. The van der Waals surface area contributed by atoms with Gasteiger partial charge in [0.25, 0.3) is 12.3 Å². The maximum absolute atomic E-state index is 13.1. The quantitative estimate of drug-likeness (QED) is 0.500. The predicted molar refractivity (Wildman–Crippen MR) is 133 cm³/mol. The van der Waals surface area contributed by atoms with Crippen LogP contribution in [0.1, 0.15) is 52.7 Å². The van der Waals surface area contributed by atoms with Crippen LogP contribution in [-0.2, 0) is 22.7 Å². The number of ether oxygens (including phenoxy) is 1. The van der Waals surface area contributed by atoms with Gasteiger partial charge in [-0.25, -0.2) is 8.78 Å². The second kappa shape index (κ2) is 9.75. The number of pyridine rings is 1. The lowest BCUT2D eigenvalue weighted by atomic mass is 10.0. The number of halogens is 2. The summed E-state index contributed by atoms with van der Waals surface area (Å²) in [6, 6.07) is 12.0. The molecule has 3 aliphatic rings. The van der Waals surface area contributed by atoms with Crippen molar-refractivity contribution in [3.63, 3.8) is 0 Å². The molecular weight excluding hydrogens is 494 g/mol. The van der Waals surface area contributed by atoms with E-state index in [2.05, 4.69) is 15.2 Å². The Morgan fingerprint density at radius 3 is 2.76 bits per heavy atom. The summed E-state index contributed by atoms with van der Waals surface area (Å²) in [6.07, 6.45) is 0.0242. The lowest BCUT2D eigenvalue weighted by Crippen LogP contribution is -2.52. The van der Waals surface area contributed by atoms with Crippen LogP contribution in [0.15, 0.2) is 48.7 Å². The number of hydrogen-bond donors (Lipinski definition) is 1. The highest BCUT2D eigenvalue weighted by Gasteiger charge is 2.39. The molecule has 1 unspecified atom stereocenters. The average Bonchev–Trinajstić information content (AvgIpc) is 3.46. The number of imide groups is 1. The Balaban J connectivity index is 1.08. The van der Waals surface area contributed by atoms with Crippen LogP contribution in [0.3, 0.4) is 0 Å². The first-order valence-corrected chi connectivity index (χ1v) is 12.7. The largest absolute Gasteiger partial charge is 0.489 e. The lowest BCUT2D eigenvalue weighted by Gasteiger charge is -2.29. The molecule has 0 spiro atoms. The molecule has 10 heteroatoms. The lowest BCUT2D eigenvalue weighted by molar-refractivity contribution is -0.136. The van der Waals surface area contributed by atoms with E-state index >= 15 is 0 Å². The fraction of sp³-hybridized carbons (Fsp3) is 0.357. The monoisotopic (exact) mass is 520 g/mol. The molecule has 2 aromatic carbocycles. The molecule has 0 radical (unpaired) electrons. The number of amides is 3. The van der Waals surface area contributed by atoms with Crippen LogP contribution >= 0.6 is 0 Å². The van der Waals surface area contributed by atoms with Gasteiger partial charge in [0.2, 0.25) is 11.8 Å². The zero-order valence-electron chi connectivity index (χ0n) is 20.5. The molecule has 4 heterocycles. The molecule has 3 aromatic rings. The standard InChI is InChI=1S/C28H26F2N4O4/c29-26(30)18-10-17-9-16(1-4-23(17)31-12-18)13-33-8-7-21(15-33)38-20-2-3-22-19(11-20)14-34(28(22)37)24-5-6-25(35)32-27(24)36/h1-4,9-12,21,24,26H,5-8,13-15H2,(H,32,35,36)/t21-,24?/m0/s1. The summed E-state index contributed by atoms with van der Waals surface area (Å²) >= 11 is 0. The number of carbonyl (C=O) groups is 3. The SMILES string of the molecule is O=C1CCC(N2Cc3cc(O[C@H]4CCN(Cc5ccc6ncc(C(F)F)cc6c5)C4)ccc3C2=O)C(=O)N1. The number of rotatable bonds is 6. The molecule has 196 valence electrons. The van der Waals surface area contributed by atoms with E-state index in [1.54, 1.807) is 12.1 Å². The Hall–Kier alpha value is -3.92. The van der Waals surface area contributed by atoms with E-state index in [-0.39, 0.29) is 29.9 Å². The van der Waals surface area contributed by atoms with Crippen molar-refractivity contribution in [3.05, 3.63) is 70.9 Å². The normalized spacial score (nSPS) is 21.9. The first-order chi connectivity index (χ1) is 18.3. The number of carbonyl (C=O) groups excluding carboxylic acids is 3. The molecule has 38 heavy (non-hydrogen) atoms. The Bertz CT molecular complexity index is 1450. The van der Waals surface area contributed by atoms with E-state index in [0.29, 0.717) is 48.3 Å². The minimum Gasteiger partial charge on any atom is -0.489 e. The fourth-order valence-electron chi connectivity index (χ4n) is 5.53. The van der Waals surface area contributed by atoms with Gasteiger partial charge in [-0.1, -0.05) is 6.07 Å². The Morgan fingerprint density at radius 2 is 1.95 bits per heavy atom. The molecule has 2 atom stereocenters. The number of benzene rings is 2. The first-order valence-electron chi connectivity index (χ1n) is 12.7. The number of piperidine rings is 1. The maximum atomic E-state index is 13.1. The summed E-state index contributed by atoms with van der Waals surface area (Å²) in [4.78, 5) is 44.6. The zero-order chi connectivity index (χ0) is 26.4. The fourth-order valence-corrected chi connectivity index (χ4v) is 5.53. The van der Waals surface area contributed by atoms with Gasteiger partial charge < -0.3 is 9.64 Å². The number of aromatic nitrogens is 1. The Kier molecular flexibility index (Phi) is 6.27. The third-order valence-electron chi connectivity index (χ3n) is 7.45. The molecule has 6 rings (SSSR count). The van der Waals surface area contributed by atoms with Gasteiger partial charge in [-0.3, -0.25) is 29.6 Å². The molecule has 1 aromatic heterocycles. The molecule has 0 saturated carbocycles. The van der Waals surface area contributed by atoms with Crippen LogP contribution in [0.5, 0.6) is 5.75 Å². The van der Waals surface area contributed by atoms with Crippen molar-refractivity contribution in [2.24, 2.45) is 0 Å². The smallest absolute Gasteiger partial charge is 0.265 e. The predicted octanol–water partition coefficient (Wildman–Crippen LogP) is 3.59. The van der Waals surface area contributed by atoms with Crippen molar-refractivity contribution in [2.45, 2.75) is 50.9 Å². The van der Waals surface area contributed by atoms with Crippen molar-refractivity contribution in [2.75, 3.05) is 13.1 Å². The molecule has 0 aliphatic carbocycles. The molecule has 0 bridgehead atoms. The van der Waals surface area contributed by atoms with E-state index in [4.69, 9.17) is 4.74 Å². The summed E-state index contributed by atoms with van der Waals surface area (Å²) < 4.78 is 32.4. The van der Waals surface area contributed by atoms with Crippen LogP contribution in [0.2, 0.25) is 0 Å². The minimum atomic E-state index is -2.55. The second-order valence-electron chi connectivity index (χ2n) is 10.1. The van der Waals surface area contributed by atoms with Gasteiger partial charge in [-0.15, -0.1) is 0 Å². The third kappa shape index (κ3) is 4.71. The molecule has 8 nitrogen and oxygen atoms in total. The van der Waals surface area contributed by atoms with E-state index in [0.717, 1.165) is 24.1 Å². The maximum Gasteiger partial charge on any atom is 0.265 e. The van der Waals surface area contributed by atoms with Gasteiger partial charge in [0.05, 0.1) is 5.52 Å². The van der Waals surface area contributed by atoms with E-state index in [1.165, 1.54) is 17.2 Å². The number of fused-ring (bicyclic) bond motifs is 2. The third-order valence-corrected chi connectivity index (χ3v) is 7.45. The summed E-state index contributed by atoms with van der Waals surface area (Å²) in [7, 11) is 0. The highest BCUT2D eigenvalue weighted by atomic mass is 19.3. The Morgan fingerprint density at radius 1 is 1.08 bits per heavy atom. The molecule has 2 fully saturated rings. The van der Waals surface area contributed by atoms with Crippen molar-refractivity contribution in [1.29, 1.82) is 0 Å². The number of likely N-dealkylation sites (tertiary alicyclic amines) is 1. The van der Waals surface area contributed by atoms with Gasteiger partial charge in [0.15, 0.2) is 0 Å². The highest BCUT2D eigenvalue weighted by Crippen LogP contribution is 2.31. The van der Waals surface area contributed by atoms with Crippen LogP contribution in [-0.4, -0.2) is 57.7 Å². The number of hydrogen-bond acceptors (Lipinski definition) is 6. The molecule has 1 N–H and O–H groups in total. The van der Waals surface area contributed by atoms with Crippen molar-refractivity contribution in [1.82, 2.24) is 20.1 Å². The summed E-state index contributed by atoms with van der Waals surface area (Å²) in [5.74, 6) is -0.276. The van der Waals surface area contributed by atoms with Gasteiger partial charge in [0.1, 0.15) is 17.9 Å². The molecular formula is C28H26F2N4O4. The van der Waals surface area contributed by atoms with Crippen molar-refractivity contribution >= 4 is 28.6 Å². The van der Waals surface area contributed by atoms with E-state index < -0.39 is 18.4 Å². The first kappa shape index (κ1) is 24.4. The number of alkyl halides is 2. The average molecular weight is 521 g/mol. The topological polar surface area (TPSA) is 91.8 Å². The molecule has 2 saturated heterocycles. The minimum absolute atomic E-state index is 0.0241. The van der Waals surface area contributed by atoms with Crippen LogP contribution in [0, 0.1) is 0 Å². The molecule has 3 aliphatic heterocycles. The number of nitrogens with zero attached hydrogens (tertiary/aromatic N) is 3. The van der Waals surface area contributed by atoms with Crippen molar-refractivity contribution < 1.29 is 27.9 Å². The van der Waals surface area contributed by atoms with E-state index in [1.807, 2.05) is 24.3 Å². The van der Waals surface area contributed by atoms with Crippen LogP contribution in [0.4, 0.5) is 8.78 Å². The summed E-state index contributed by atoms with van der Waals surface area (Å²) in [5.41, 5.74) is 2.99. The molecule has 3 amide bonds. The summed E-state index contributed by atoms with van der Waals surface area (Å²) in [6.45, 7) is 2.53. The van der Waals surface area contributed by atoms with Gasteiger partial charge >= 0.3 is 0 Å². The van der Waals surface area contributed by atoms with Gasteiger partial charge in [-0.2, -0.15) is 0 Å². The van der Waals surface area contributed by atoms with Crippen LogP contribution in [0.25, 0.3) is 10.9 Å². The van der Waals surface area contributed by atoms with Gasteiger partial charge in [0, 0.05) is 55.3 Å². The zero-order valence-corrected chi connectivity index (χ0v) is 20.5. The van der Waals surface area contributed by atoms with Gasteiger partial charge in [-0.05, 0) is 60.4 Å².